The van der Waals surface area contributed by atoms with Gasteiger partial charge < -0.3 is 5.11 Å². The van der Waals surface area contributed by atoms with Crippen molar-refractivity contribution in [2.24, 2.45) is 0 Å². The molecular weight excluding hydrogens is 222 g/mol. The zero-order valence-corrected chi connectivity index (χ0v) is 11.4. The maximum absolute atomic E-state index is 10.1. The quantitative estimate of drug-likeness (QED) is 0.883. The molecule has 2 nitrogen and oxygen atoms in total. The summed E-state index contributed by atoms with van der Waals surface area (Å²) in [6, 6.07) is 12.5. The van der Waals surface area contributed by atoms with Crippen LogP contribution >= 0.6 is 0 Å². The molecule has 0 atom stereocenters. The molecule has 0 aliphatic carbocycles. The van der Waals surface area contributed by atoms with Crippen LogP contribution in [0.25, 0.3) is 10.8 Å². The van der Waals surface area contributed by atoms with E-state index in [0.29, 0.717) is 11.8 Å². The second kappa shape index (κ2) is 5.40. The van der Waals surface area contributed by atoms with Crippen molar-refractivity contribution in [2.75, 3.05) is 6.54 Å². The smallest absolute Gasteiger partial charge is 0.120 e. The van der Waals surface area contributed by atoms with E-state index in [-0.39, 0.29) is 0 Å². The highest BCUT2D eigenvalue weighted by atomic mass is 16.3. The molecule has 1 N–H and O–H groups in total. The Morgan fingerprint density at radius 1 is 1.11 bits per heavy atom. The molecule has 2 aromatic rings. The molecule has 18 heavy (non-hydrogen) atoms. The number of phenolic OH excluding ortho intramolecular Hbond substituents is 1. The van der Waals surface area contributed by atoms with E-state index >= 15 is 0 Å². The average molecular weight is 243 g/mol. The van der Waals surface area contributed by atoms with Gasteiger partial charge in [-0.3, -0.25) is 4.90 Å². The van der Waals surface area contributed by atoms with Crippen molar-refractivity contribution in [2.45, 2.75) is 33.4 Å². The molecule has 2 heteroatoms. The van der Waals surface area contributed by atoms with Crippen molar-refractivity contribution in [1.29, 1.82) is 0 Å². The van der Waals surface area contributed by atoms with Crippen LogP contribution in [0.5, 0.6) is 5.75 Å². The van der Waals surface area contributed by atoms with Gasteiger partial charge in [0.05, 0.1) is 0 Å². The summed E-state index contributed by atoms with van der Waals surface area (Å²) in [4.78, 5) is 2.35. The fourth-order valence-corrected chi connectivity index (χ4v) is 2.35. The summed E-state index contributed by atoms with van der Waals surface area (Å²) >= 11 is 0. The van der Waals surface area contributed by atoms with E-state index in [1.54, 1.807) is 6.07 Å². The zero-order chi connectivity index (χ0) is 13.1. The molecule has 96 valence electrons. The fraction of sp³-hybridized carbons (Fsp3) is 0.375. The normalized spacial score (nSPS) is 11.6. The Hall–Kier alpha value is -1.54. The highest BCUT2D eigenvalue weighted by Crippen LogP contribution is 2.28. The van der Waals surface area contributed by atoms with Crippen LogP contribution in [0.1, 0.15) is 26.3 Å². The van der Waals surface area contributed by atoms with Gasteiger partial charge in [0.15, 0.2) is 0 Å². The van der Waals surface area contributed by atoms with Gasteiger partial charge in [-0.1, -0.05) is 37.3 Å². The van der Waals surface area contributed by atoms with Crippen LogP contribution in [0, 0.1) is 0 Å². The number of nitrogens with zero attached hydrogens (tertiary/aromatic N) is 1. The second-order valence-electron chi connectivity index (χ2n) is 4.94. The minimum Gasteiger partial charge on any atom is -0.508 e. The summed E-state index contributed by atoms with van der Waals surface area (Å²) in [7, 11) is 0. The number of aromatic hydroxyl groups is 1. The first-order valence-electron chi connectivity index (χ1n) is 6.57. The second-order valence-corrected chi connectivity index (χ2v) is 4.94. The molecule has 0 aliphatic rings. The summed E-state index contributed by atoms with van der Waals surface area (Å²) in [5.41, 5.74) is 1.03. The Bertz CT molecular complexity index is 534. The molecule has 0 saturated heterocycles. The third kappa shape index (κ3) is 2.49. The van der Waals surface area contributed by atoms with Crippen LogP contribution in [-0.2, 0) is 6.54 Å². The highest BCUT2D eigenvalue weighted by molar-refractivity contribution is 5.87. The lowest BCUT2D eigenvalue weighted by atomic mass is 10.0. The topological polar surface area (TPSA) is 23.5 Å². The van der Waals surface area contributed by atoms with Crippen molar-refractivity contribution in [3.05, 3.63) is 42.0 Å². The maximum Gasteiger partial charge on any atom is 0.120 e. The lowest BCUT2D eigenvalue weighted by molar-refractivity contribution is 0.223. The monoisotopic (exact) mass is 243 g/mol. The van der Waals surface area contributed by atoms with Crippen LogP contribution in [0.3, 0.4) is 0 Å². The van der Waals surface area contributed by atoms with E-state index in [1.807, 2.05) is 18.2 Å². The largest absolute Gasteiger partial charge is 0.508 e. The van der Waals surface area contributed by atoms with Crippen molar-refractivity contribution < 1.29 is 5.11 Å². The van der Waals surface area contributed by atoms with Gasteiger partial charge in [0, 0.05) is 18.2 Å². The van der Waals surface area contributed by atoms with E-state index in [0.717, 1.165) is 24.0 Å². The average Bonchev–Trinajstić information content (AvgIpc) is 2.37. The third-order valence-electron chi connectivity index (χ3n) is 3.51. The Labute approximate surface area is 109 Å². The molecule has 0 spiro atoms. The van der Waals surface area contributed by atoms with E-state index in [9.17, 15) is 5.11 Å². The van der Waals surface area contributed by atoms with Gasteiger partial charge in [0.2, 0.25) is 0 Å². The molecule has 0 aromatic heterocycles. The molecule has 2 rings (SSSR count). The lowest BCUT2D eigenvalue weighted by Gasteiger charge is -2.25. The summed E-state index contributed by atoms with van der Waals surface area (Å²) in [6.07, 6.45) is 0. The van der Waals surface area contributed by atoms with Crippen molar-refractivity contribution in [3.63, 3.8) is 0 Å². The Morgan fingerprint density at radius 3 is 2.50 bits per heavy atom. The Balaban J connectivity index is 2.45. The molecule has 0 heterocycles. The third-order valence-corrected chi connectivity index (χ3v) is 3.51. The van der Waals surface area contributed by atoms with Crippen molar-refractivity contribution in [3.8, 4) is 5.75 Å². The molecular formula is C16H21NO. The molecule has 0 unspecified atom stereocenters. The standard InChI is InChI=1S/C16H21NO/c1-4-17(12(2)3)11-15-14-8-6-5-7-13(14)9-10-16(15)18/h5-10,12,18H,4,11H2,1-3H3. The van der Waals surface area contributed by atoms with E-state index in [2.05, 4.69) is 37.8 Å². The number of benzene rings is 2. The summed E-state index contributed by atoms with van der Waals surface area (Å²) in [5.74, 6) is 0.396. The van der Waals surface area contributed by atoms with Gasteiger partial charge in [-0.2, -0.15) is 0 Å². The van der Waals surface area contributed by atoms with Gasteiger partial charge in [-0.05, 0) is 37.2 Å². The van der Waals surface area contributed by atoms with Gasteiger partial charge in [-0.25, -0.2) is 0 Å². The number of phenols is 1. The molecule has 0 saturated carbocycles. The van der Waals surface area contributed by atoms with Crippen molar-refractivity contribution in [1.82, 2.24) is 4.90 Å². The number of hydrogen-bond acceptors (Lipinski definition) is 2. The van der Waals surface area contributed by atoms with E-state index in [4.69, 9.17) is 0 Å². The van der Waals surface area contributed by atoms with E-state index < -0.39 is 0 Å². The first kappa shape index (κ1) is 12.9. The molecule has 0 amide bonds. The molecule has 2 aromatic carbocycles. The molecule has 0 radical (unpaired) electrons. The van der Waals surface area contributed by atoms with Gasteiger partial charge in [0.25, 0.3) is 0 Å². The first-order valence-corrected chi connectivity index (χ1v) is 6.57. The summed E-state index contributed by atoms with van der Waals surface area (Å²) < 4.78 is 0. The SMILES string of the molecule is CCN(Cc1c(O)ccc2ccccc12)C(C)C. The van der Waals surface area contributed by atoms with Crippen molar-refractivity contribution >= 4 is 10.8 Å². The Kier molecular flexibility index (Phi) is 3.87. The first-order chi connectivity index (χ1) is 8.63. The minimum atomic E-state index is 0.396. The van der Waals surface area contributed by atoms with Crippen LogP contribution < -0.4 is 0 Å². The van der Waals surface area contributed by atoms with Gasteiger partial charge in [-0.15, -0.1) is 0 Å². The predicted molar refractivity (Wildman–Crippen MR) is 76.8 cm³/mol. The molecule has 0 aliphatic heterocycles. The zero-order valence-electron chi connectivity index (χ0n) is 11.4. The lowest BCUT2D eigenvalue weighted by Crippen LogP contribution is -2.30. The number of rotatable bonds is 4. The van der Waals surface area contributed by atoms with Crippen LogP contribution in [0.2, 0.25) is 0 Å². The minimum absolute atomic E-state index is 0.396. The van der Waals surface area contributed by atoms with Crippen LogP contribution in [-0.4, -0.2) is 22.6 Å². The highest BCUT2D eigenvalue weighted by Gasteiger charge is 2.13. The fourth-order valence-electron chi connectivity index (χ4n) is 2.35. The summed E-state index contributed by atoms with van der Waals surface area (Å²) in [6.45, 7) is 8.31. The maximum atomic E-state index is 10.1. The predicted octanol–water partition coefficient (Wildman–Crippen LogP) is 3.78. The number of fused-ring (bicyclic) bond motifs is 1. The van der Waals surface area contributed by atoms with Gasteiger partial charge >= 0.3 is 0 Å². The summed E-state index contributed by atoms with van der Waals surface area (Å²) in [5, 5.41) is 12.4. The molecule has 0 fully saturated rings. The van der Waals surface area contributed by atoms with Gasteiger partial charge in [0.1, 0.15) is 5.75 Å². The Morgan fingerprint density at radius 2 is 1.83 bits per heavy atom. The van der Waals surface area contributed by atoms with Crippen LogP contribution in [0.4, 0.5) is 0 Å². The molecule has 0 bridgehead atoms. The van der Waals surface area contributed by atoms with E-state index in [1.165, 1.54) is 5.39 Å². The van der Waals surface area contributed by atoms with Crippen LogP contribution in [0.15, 0.2) is 36.4 Å². The number of hydrogen-bond donors (Lipinski definition) is 1.